The molecule has 4 rings (SSSR count). The standard InChI is InChI=1S/C23H26FN7O5S/c1-14(21(36-5)16-10-9-15(24)13-25-16)37(32,33)29-23-27-26-22(17-11-12-30(2)28-17)31(23)20-18(34-3)7-6-8-19(20)35-4/h6-14,21H,1-5H3,(H,27,29)/t14-,21-/m0/s1. The van der Waals surface area contributed by atoms with E-state index in [9.17, 15) is 12.8 Å². The van der Waals surface area contributed by atoms with E-state index in [4.69, 9.17) is 14.2 Å². The highest BCUT2D eigenvalue weighted by atomic mass is 32.2. The van der Waals surface area contributed by atoms with E-state index < -0.39 is 27.2 Å². The number of anilines is 1. The zero-order valence-corrected chi connectivity index (χ0v) is 21.6. The molecular weight excluding hydrogens is 505 g/mol. The topological polar surface area (TPSA) is 135 Å². The Kier molecular flexibility index (Phi) is 7.40. The van der Waals surface area contributed by atoms with Crippen molar-refractivity contribution in [3.63, 3.8) is 0 Å². The van der Waals surface area contributed by atoms with Crippen molar-refractivity contribution < 1.29 is 27.0 Å². The summed E-state index contributed by atoms with van der Waals surface area (Å²) in [7, 11) is 1.90. The highest BCUT2D eigenvalue weighted by molar-refractivity contribution is 7.93. The van der Waals surface area contributed by atoms with E-state index in [1.807, 2.05) is 0 Å². The lowest BCUT2D eigenvalue weighted by atomic mass is 10.2. The highest BCUT2D eigenvalue weighted by Gasteiger charge is 2.34. The first kappa shape index (κ1) is 26.0. The third-order valence-corrected chi connectivity index (χ3v) is 7.37. The maximum absolute atomic E-state index is 13.5. The summed E-state index contributed by atoms with van der Waals surface area (Å²) in [5.41, 5.74) is 1.06. The first-order valence-electron chi connectivity index (χ1n) is 11.0. The van der Waals surface area contributed by atoms with E-state index in [-0.39, 0.29) is 17.5 Å². The third-order valence-electron chi connectivity index (χ3n) is 5.68. The van der Waals surface area contributed by atoms with Crippen LogP contribution in [0.5, 0.6) is 11.5 Å². The Labute approximate surface area is 213 Å². The summed E-state index contributed by atoms with van der Waals surface area (Å²) in [4.78, 5) is 3.98. The number of para-hydroxylation sites is 1. The average Bonchev–Trinajstić information content (AvgIpc) is 3.50. The number of benzene rings is 1. The van der Waals surface area contributed by atoms with E-state index >= 15 is 0 Å². The fraction of sp³-hybridized carbons (Fsp3) is 0.304. The number of aryl methyl sites for hydroxylation is 1. The van der Waals surface area contributed by atoms with Crippen molar-refractivity contribution >= 4 is 16.0 Å². The van der Waals surface area contributed by atoms with Gasteiger partial charge in [0.1, 0.15) is 40.1 Å². The van der Waals surface area contributed by atoms with Gasteiger partial charge >= 0.3 is 0 Å². The normalized spacial score (nSPS) is 13.2. The van der Waals surface area contributed by atoms with E-state index in [2.05, 4.69) is 25.0 Å². The first-order valence-corrected chi connectivity index (χ1v) is 12.6. The number of halogens is 1. The molecule has 0 radical (unpaired) electrons. The Morgan fingerprint density at radius 3 is 2.27 bits per heavy atom. The molecular formula is C23H26FN7O5S. The fourth-order valence-corrected chi connectivity index (χ4v) is 4.95. The molecule has 0 spiro atoms. The number of rotatable bonds is 10. The van der Waals surface area contributed by atoms with Crippen LogP contribution in [0.25, 0.3) is 17.2 Å². The van der Waals surface area contributed by atoms with Crippen LogP contribution < -0.4 is 14.2 Å². The molecule has 0 aliphatic carbocycles. The fourth-order valence-electron chi connectivity index (χ4n) is 3.81. The predicted octanol–water partition coefficient (Wildman–Crippen LogP) is 2.74. The summed E-state index contributed by atoms with van der Waals surface area (Å²) in [5, 5.41) is 11.6. The maximum atomic E-state index is 13.5. The summed E-state index contributed by atoms with van der Waals surface area (Å²) >= 11 is 0. The minimum atomic E-state index is -4.16. The summed E-state index contributed by atoms with van der Waals surface area (Å²) < 4.78 is 62.5. The van der Waals surface area contributed by atoms with E-state index in [1.54, 1.807) is 42.2 Å². The minimum Gasteiger partial charge on any atom is -0.494 e. The summed E-state index contributed by atoms with van der Waals surface area (Å²) in [6.07, 6.45) is 1.72. The summed E-state index contributed by atoms with van der Waals surface area (Å²) in [6, 6.07) is 9.40. The average molecular weight is 532 g/mol. The molecule has 14 heteroatoms. The van der Waals surface area contributed by atoms with Gasteiger partial charge in [-0.3, -0.25) is 19.0 Å². The van der Waals surface area contributed by atoms with Gasteiger partial charge in [-0.25, -0.2) is 12.8 Å². The van der Waals surface area contributed by atoms with Crippen LogP contribution in [0, 0.1) is 5.82 Å². The molecule has 0 amide bonds. The molecule has 1 aromatic carbocycles. The van der Waals surface area contributed by atoms with E-state index in [1.165, 1.54) is 45.0 Å². The van der Waals surface area contributed by atoms with Gasteiger partial charge in [0.05, 0.1) is 26.1 Å². The molecule has 0 saturated heterocycles. The summed E-state index contributed by atoms with van der Waals surface area (Å²) in [6.45, 7) is 1.45. The van der Waals surface area contributed by atoms with Gasteiger partial charge in [0.15, 0.2) is 5.82 Å². The second-order valence-electron chi connectivity index (χ2n) is 7.98. The van der Waals surface area contributed by atoms with Gasteiger partial charge in [-0.2, -0.15) is 5.10 Å². The van der Waals surface area contributed by atoms with Crippen molar-refractivity contribution in [1.82, 2.24) is 29.5 Å². The Bertz CT molecular complexity index is 1470. The van der Waals surface area contributed by atoms with Gasteiger partial charge < -0.3 is 14.2 Å². The largest absolute Gasteiger partial charge is 0.494 e. The number of hydrogen-bond acceptors (Lipinski definition) is 9. The lowest BCUT2D eigenvalue weighted by Crippen LogP contribution is -2.33. The van der Waals surface area contributed by atoms with Gasteiger partial charge in [-0.15, -0.1) is 10.2 Å². The minimum absolute atomic E-state index is 0.128. The van der Waals surface area contributed by atoms with Crippen LogP contribution in [0.1, 0.15) is 18.7 Å². The number of sulfonamides is 1. The van der Waals surface area contributed by atoms with Crippen molar-refractivity contribution in [2.45, 2.75) is 18.3 Å². The van der Waals surface area contributed by atoms with Crippen LogP contribution in [-0.2, 0) is 21.8 Å². The van der Waals surface area contributed by atoms with Crippen molar-refractivity contribution in [2.24, 2.45) is 7.05 Å². The maximum Gasteiger partial charge on any atom is 0.243 e. The molecule has 0 aliphatic rings. The Morgan fingerprint density at radius 1 is 1.03 bits per heavy atom. The third kappa shape index (κ3) is 5.11. The zero-order valence-electron chi connectivity index (χ0n) is 20.8. The molecule has 1 N–H and O–H groups in total. The van der Waals surface area contributed by atoms with Crippen LogP contribution in [-0.4, -0.2) is 64.5 Å². The molecule has 37 heavy (non-hydrogen) atoms. The number of ether oxygens (including phenoxy) is 3. The van der Waals surface area contributed by atoms with Gasteiger partial charge in [0.25, 0.3) is 0 Å². The predicted molar refractivity (Wildman–Crippen MR) is 133 cm³/mol. The Balaban J connectivity index is 1.82. The van der Waals surface area contributed by atoms with Gasteiger partial charge in [-0.05, 0) is 37.3 Å². The second-order valence-corrected chi connectivity index (χ2v) is 10.0. The first-order chi connectivity index (χ1) is 17.7. The van der Waals surface area contributed by atoms with Crippen LogP contribution in [0.3, 0.4) is 0 Å². The van der Waals surface area contributed by atoms with Gasteiger partial charge in [0, 0.05) is 20.4 Å². The van der Waals surface area contributed by atoms with Crippen LogP contribution in [0.15, 0.2) is 48.8 Å². The second kappa shape index (κ2) is 10.5. The highest BCUT2D eigenvalue weighted by Crippen LogP contribution is 2.37. The number of nitrogens with zero attached hydrogens (tertiary/aromatic N) is 6. The number of hydrogen-bond donors (Lipinski definition) is 1. The molecule has 12 nitrogen and oxygen atoms in total. The molecule has 0 fully saturated rings. The molecule has 0 bridgehead atoms. The lowest BCUT2D eigenvalue weighted by molar-refractivity contribution is 0.0988. The smallest absolute Gasteiger partial charge is 0.243 e. The van der Waals surface area contributed by atoms with Crippen molar-refractivity contribution in [3.8, 4) is 28.7 Å². The van der Waals surface area contributed by atoms with Crippen LogP contribution in [0.4, 0.5) is 10.3 Å². The summed E-state index contributed by atoms with van der Waals surface area (Å²) in [5.74, 6) is 0.341. The zero-order chi connectivity index (χ0) is 26.7. The lowest BCUT2D eigenvalue weighted by Gasteiger charge is -2.23. The number of aromatic nitrogens is 6. The quantitative estimate of drug-likeness (QED) is 0.328. The molecule has 2 atom stereocenters. The molecule has 196 valence electrons. The van der Waals surface area contributed by atoms with Gasteiger partial charge in [-0.1, -0.05) is 6.07 Å². The molecule has 0 aliphatic heterocycles. The van der Waals surface area contributed by atoms with E-state index in [0.717, 1.165) is 6.20 Å². The molecule has 4 aromatic rings. The van der Waals surface area contributed by atoms with E-state index in [0.29, 0.717) is 22.9 Å². The molecule has 0 unspecified atom stereocenters. The Hall–Kier alpha value is -4.04. The van der Waals surface area contributed by atoms with Crippen molar-refractivity contribution in [1.29, 1.82) is 0 Å². The number of pyridine rings is 1. The Morgan fingerprint density at radius 2 is 1.73 bits per heavy atom. The molecule has 0 saturated carbocycles. The van der Waals surface area contributed by atoms with Crippen LogP contribution >= 0.6 is 0 Å². The SMILES string of the molecule is COc1cccc(OC)c1-n1c(NS(=O)(=O)[C@@H](C)[C@H](OC)c2ccc(F)cn2)nnc1-c1ccn(C)n1. The number of nitrogens with one attached hydrogen (secondary N) is 1. The molecule has 3 aromatic heterocycles. The van der Waals surface area contributed by atoms with Crippen molar-refractivity contribution in [2.75, 3.05) is 26.1 Å². The van der Waals surface area contributed by atoms with Gasteiger partial charge in [0.2, 0.25) is 16.0 Å². The van der Waals surface area contributed by atoms with Crippen LogP contribution in [0.2, 0.25) is 0 Å². The van der Waals surface area contributed by atoms with Crippen molar-refractivity contribution in [3.05, 3.63) is 60.3 Å². The monoisotopic (exact) mass is 531 g/mol. The number of methoxy groups -OCH3 is 3. The molecule has 3 heterocycles.